The third-order valence-electron chi connectivity index (χ3n) is 4.60. The number of halogens is 1. The zero-order valence-electron chi connectivity index (χ0n) is 16.5. The second-order valence-electron chi connectivity index (χ2n) is 6.74. The standard InChI is InChI=1S/C21H19ClN6O2/c1-13-18(20(29)24-9-7-15-3-5-17(22)6-4-15)12-25-28(13)19-11-16(8-10-23-19)21-26-14(2)27-30-21/h3-6,8,10-12H,7,9H2,1-2H3,(H,24,29). The van der Waals surface area contributed by atoms with Gasteiger partial charge in [-0.3, -0.25) is 4.79 Å². The molecule has 3 heterocycles. The van der Waals surface area contributed by atoms with Crippen molar-refractivity contribution in [1.29, 1.82) is 0 Å². The van der Waals surface area contributed by atoms with Gasteiger partial charge >= 0.3 is 0 Å². The number of aryl methyl sites for hydroxylation is 1. The summed E-state index contributed by atoms with van der Waals surface area (Å²) in [5, 5.41) is 11.8. The van der Waals surface area contributed by atoms with E-state index in [1.54, 1.807) is 29.9 Å². The third-order valence-corrected chi connectivity index (χ3v) is 4.86. The van der Waals surface area contributed by atoms with Crippen molar-refractivity contribution in [2.75, 3.05) is 6.54 Å². The second-order valence-corrected chi connectivity index (χ2v) is 7.17. The molecule has 0 saturated heterocycles. The zero-order chi connectivity index (χ0) is 21.1. The van der Waals surface area contributed by atoms with E-state index in [1.165, 1.54) is 6.20 Å². The first-order chi connectivity index (χ1) is 14.5. The lowest BCUT2D eigenvalue weighted by Crippen LogP contribution is -2.26. The fraction of sp³-hybridized carbons (Fsp3) is 0.190. The Hall–Kier alpha value is -3.52. The van der Waals surface area contributed by atoms with Gasteiger partial charge in [-0.25, -0.2) is 9.67 Å². The lowest BCUT2D eigenvalue weighted by molar-refractivity contribution is 0.0953. The number of hydrogen-bond acceptors (Lipinski definition) is 6. The van der Waals surface area contributed by atoms with Crippen LogP contribution in [-0.2, 0) is 6.42 Å². The first-order valence-electron chi connectivity index (χ1n) is 9.35. The molecule has 4 rings (SSSR count). The molecule has 0 unspecified atom stereocenters. The highest BCUT2D eigenvalue weighted by Crippen LogP contribution is 2.20. The minimum atomic E-state index is -0.184. The summed E-state index contributed by atoms with van der Waals surface area (Å²) in [5.74, 6) is 1.33. The average Bonchev–Trinajstić information content (AvgIpc) is 3.35. The molecule has 1 amide bonds. The highest BCUT2D eigenvalue weighted by molar-refractivity contribution is 6.30. The third kappa shape index (κ3) is 4.23. The van der Waals surface area contributed by atoms with Crippen LogP contribution in [0.4, 0.5) is 0 Å². The number of pyridine rings is 1. The number of carbonyl (C=O) groups excluding carboxylic acids is 1. The van der Waals surface area contributed by atoms with Gasteiger partial charge in [0.2, 0.25) is 0 Å². The van der Waals surface area contributed by atoms with Crippen molar-refractivity contribution >= 4 is 17.5 Å². The first-order valence-corrected chi connectivity index (χ1v) is 9.73. The maximum Gasteiger partial charge on any atom is 0.258 e. The van der Waals surface area contributed by atoms with E-state index in [1.807, 2.05) is 31.2 Å². The lowest BCUT2D eigenvalue weighted by atomic mass is 10.1. The van der Waals surface area contributed by atoms with Gasteiger partial charge in [-0.2, -0.15) is 10.1 Å². The van der Waals surface area contributed by atoms with E-state index in [2.05, 4.69) is 25.5 Å². The summed E-state index contributed by atoms with van der Waals surface area (Å²) in [6.45, 7) is 4.09. The molecule has 8 nitrogen and oxygen atoms in total. The predicted molar refractivity (Wildman–Crippen MR) is 112 cm³/mol. The van der Waals surface area contributed by atoms with Crippen molar-refractivity contribution in [3.8, 4) is 17.3 Å². The quantitative estimate of drug-likeness (QED) is 0.510. The van der Waals surface area contributed by atoms with Gasteiger partial charge in [0.15, 0.2) is 11.6 Å². The molecule has 0 fully saturated rings. The van der Waals surface area contributed by atoms with Crippen LogP contribution < -0.4 is 5.32 Å². The van der Waals surface area contributed by atoms with Crippen LogP contribution in [0.15, 0.2) is 53.3 Å². The molecule has 0 bridgehead atoms. The Morgan fingerprint density at radius 1 is 1.20 bits per heavy atom. The van der Waals surface area contributed by atoms with E-state index in [0.717, 1.165) is 11.1 Å². The molecule has 0 aliphatic carbocycles. The van der Waals surface area contributed by atoms with Crippen LogP contribution in [0.2, 0.25) is 5.02 Å². The maximum absolute atomic E-state index is 12.6. The van der Waals surface area contributed by atoms with Crippen molar-refractivity contribution in [2.24, 2.45) is 0 Å². The summed E-state index contributed by atoms with van der Waals surface area (Å²) in [5.41, 5.74) is 3.01. The Morgan fingerprint density at radius 2 is 2.00 bits per heavy atom. The average molecular weight is 423 g/mol. The molecule has 0 atom stereocenters. The summed E-state index contributed by atoms with van der Waals surface area (Å²) >= 11 is 5.90. The summed E-state index contributed by atoms with van der Waals surface area (Å²) in [4.78, 5) is 21.2. The van der Waals surface area contributed by atoms with Gasteiger partial charge in [0.1, 0.15) is 0 Å². The molecule has 0 saturated carbocycles. The van der Waals surface area contributed by atoms with Crippen LogP contribution in [0.1, 0.15) is 27.4 Å². The number of nitrogens with zero attached hydrogens (tertiary/aromatic N) is 5. The van der Waals surface area contributed by atoms with Crippen LogP contribution in [0.5, 0.6) is 0 Å². The summed E-state index contributed by atoms with van der Waals surface area (Å²) < 4.78 is 6.82. The Balaban J connectivity index is 1.47. The van der Waals surface area contributed by atoms with E-state index < -0.39 is 0 Å². The Labute approximate surface area is 177 Å². The molecule has 3 aromatic heterocycles. The van der Waals surface area contributed by atoms with Gasteiger partial charge in [0.25, 0.3) is 11.8 Å². The lowest BCUT2D eigenvalue weighted by Gasteiger charge is -2.07. The molecule has 0 radical (unpaired) electrons. The van der Waals surface area contributed by atoms with Gasteiger partial charge in [0.05, 0.1) is 17.5 Å². The van der Waals surface area contributed by atoms with Crippen LogP contribution >= 0.6 is 11.6 Å². The molecule has 4 aromatic rings. The van der Waals surface area contributed by atoms with Gasteiger partial charge in [0, 0.05) is 23.3 Å². The van der Waals surface area contributed by atoms with Gasteiger partial charge in [-0.1, -0.05) is 28.9 Å². The highest BCUT2D eigenvalue weighted by atomic mass is 35.5. The number of aromatic nitrogens is 5. The normalized spacial score (nSPS) is 10.9. The molecular weight excluding hydrogens is 404 g/mol. The minimum absolute atomic E-state index is 0.184. The number of carbonyl (C=O) groups is 1. The van der Waals surface area contributed by atoms with Crippen molar-refractivity contribution < 1.29 is 9.32 Å². The first kappa shape index (κ1) is 19.8. The smallest absolute Gasteiger partial charge is 0.258 e. The predicted octanol–water partition coefficient (Wildman–Crippen LogP) is 3.56. The Kier molecular flexibility index (Phi) is 5.58. The molecule has 30 heavy (non-hydrogen) atoms. The summed E-state index contributed by atoms with van der Waals surface area (Å²) in [6.07, 6.45) is 3.89. The van der Waals surface area contributed by atoms with Gasteiger partial charge in [-0.05, 0) is 50.1 Å². The fourth-order valence-corrected chi connectivity index (χ4v) is 3.14. The van der Waals surface area contributed by atoms with Crippen molar-refractivity contribution in [2.45, 2.75) is 20.3 Å². The van der Waals surface area contributed by atoms with Crippen LogP contribution in [0.25, 0.3) is 17.3 Å². The molecule has 0 aliphatic rings. The van der Waals surface area contributed by atoms with Gasteiger partial charge < -0.3 is 9.84 Å². The molecule has 152 valence electrons. The second kappa shape index (κ2) is 8.46. The monoisotopic (exact) mass is 422 g/mol. The van der Waals surface area contributed by atoms with Gasteiger partial charge in [-0.15, -0.1) is 0 Å². The van der Waals surface area contributed by atoms with E-state index >= 15 is 0 Å². The highest BCUT2D eigenvalue weighted by Gasteiger charge is 2.16. The van der Waals surface area contributed by atoms with Crippen molar-refractivity contribution in [3.63, 3.8) is 0 Å². The number of benzene rings is 1. The number of hydrogen-bond donors (Lipinski definition) is 1. The maximum atomic E-state index is 12.6. The topological polar surface area (TPSA) is 98.7 Å². The minimum Gasteiger partial charge on any atom is -0.352 e. The van der Waals surface area contributed by atoms with E-state index in [-0.39, 0.29) is 5.91 Å². The summed E-state index contributed by atoms with van der Waals surface area (Å²) in [6, 6.07) is 11.1. The molecule has 1 N–H and O–H groups in total. The van der Waals surface area contributed by atoms with E-state index in [0.29, 0.717) is 46.8 Å². The molecule has 0 aliphatic heterocycles. The number of nitrogens with one attached hydrogen (secondary N) is 1. The fourth-order valence-electron chi connectivity index (χ4n) is 3.01. The van der Waals surface area contributed by atoms with E-state index in [4.69, 9.17) is 16.1 Å². The molecule has 0 spiro atoms. The summed E-state index contributed by atoms with van der Waals surface area (Å²) in [7, 11) is 0. The zero-order valence-corrected chi connectivity index (χ0v) is 17.2. The number of amides is 1. The van der Waals surface area contributed by atoms with Crippen molar-refractivity contribution in [3.05, 3.63) is 76.5 Å². The Bertz CT molecular complexity index is 1180. The molecule has 9 heteroatoms. The molecule has 1 aromatic carbocycles. The van der Waals surface area contributed by atoms with Crippen molar-refractivity contribution in [1.82, 2.24) is 30.2 Å². The Morgan fingerprint density at radius 3 is 2.73 bits per heavy atom. The van der Waals surface area contributed by atoms with Crippen LogP contribution in [-0.4, -0.2) is 37.4 Å². The van der Waals surface area contributed by atoms with E-state index in [9.17, 15) is 4.79 Å². The molecular formula is C21H19ClN6O2. The SMILES string of the molecule is Cc1noc(-c2ccnc(-n3ncc(C(=O)NCCc4ccc(Cl)cc4)c3C)c2)n1. The van der Waals surface area contributed by atoms with Crippen LogP contribution in [0.3, 0.4) is 0 Å². The van der Waals surface area contributed by atoms with Crippen LogP contribution in [0, 0.1) is 13.8 Å². The largest absolute Gasteiger partial charge is 0.352 e. The number of rotatable bonds is 6.